The monoisotopic (exact) mass is 339 g/mol. The summed E-state index contributed by atoms with van der Waals surface area (Å²) in [5.41, 5.74) is 3.28. The molecule has 24 heavy (non-hydrogen) atoms. The number of rotatable bonds is 4. The molecule has 3 heterocycles. The van der Waals surface area contributed by atoms with Crippen LogP contribution in [0.15, 0.2) is 36.5 Å². The third-order valence-corrected chi connectivity index (χ3v) is 5.10. The van der Waals surface area contributed by atoms with Gasteiger partial charge in [0.25, 0.3) is 5.91 Å². The molecule has 1 aliphatic heterocycles. The predicted octanol–water partition coefficient (Wildman–Crippen LogP) is 3.55. The van der Waals surface area contributed by atoms with E-state index in [1.807, 2.05) is 31.2 Å². The Hall–Kier alpha value is -2.44. The topological polar surface area (TPSA) is 63.2 Å². The number of thiophene rings is 1. The van der Waals surface area contributed by atoms with Crippen molar-refractivity contribution >= 4 is 33.1 Å². The normalized spacial score (nSPS) is 13.0. The third kappa shape index (κ3) is 2.64. The number of anilines is 1. The second kappa shape index (κ2) is 6.22. The van der Waals surface area contributed by atoms with E-state index >= 15 is 0 Å². The molecule has 5 nitrogen and oxygen atoms in total. The highest BCUT2D eigenvalue weighted by atomic mass is 32.1. The number of hydrogen-bond acceptors (Lipinski definition) is 5. The van der Waals surface area contributed by atoms with Gasteiger partial charge in [-0.05, 0) is 36.2 Å². The van der Waals surface area contributed by atoms with Crippen molar-refractivity contribution in [3.8, 4) is 5.75 Å². The number of aromatic nitrogens is 1. The van der Waals surface area contributed by atoms with Crippen molar-refractivity contribution in [1.82, 2.24) is 10.3 Å². The number of amides is 1. The second-order valence-corrected chi connectivity index (χ2v) is 6.60. The number of hydrogen-bond donors (Lipinski definition) is 2. The molecule has 2 aromatic heterocycles. The number of carbonyl (C=O) groups excluding carboxylic acids is 1. The minimum Gasteiger partial charge on any atom is -0.493 e. The molecule has 0 unspecified atom stereocenters. The first-order chi connectivity index (χ1) is 11.8. The lowest BCUT2D eigenvalue weighted by molar-refractivity contribution is 0.103. The minimum atomic E-state index is -0.110. The molecular formula is C18H17N3O2S. The molecule has 1 aliphatic rings. The number of carbonyl (C=O) groups is 1. The van der Waals surface area contributed by atoms with Crippen molar-refractivity contribution in [2.75, 3.05) is 11.9 Å². The maximum atomic E-state index is 12.7. The van der Waals surface area contributed by atoms with Crippen molar-refractivity contribution < 1.29 is 9.53 Å². The molecule has 4 rings (SSSR count). The molecule has 122 valence electrons. The lowest BCUT2D eigenvalue weighted by Gasteiger charge is -2.08. The van der Waals surface area contributed by atoms with Crippen molar-refractivity contribution in [2.24, 2.45) is 0 Å². The van der Waals surface area contributed by atoms with Crippen molar-refractivity contribution in [2.45, 2.75) is 20.0 Å². The minimum absolute atomic E-state index is 0.110. The molecule has 0 fully saturated rings. The van der Waals surface area contributed by atoms with Gasteiger partial charge in [-0.1, -0.05) is 12.1 Å². The molecule has 1 aromatic carbocycles. The molecule has 2 N–H and O–H groups in total. The number of benzene rings is 1. The lowest BCUT2D eigenvalue weighted by Crippen LogP contribution is -2.12. The van der Waals surface area contributed by atoms with Crippen LogP contribution < -0.4 is 15.4 Å². The van der Waals surface area contributed by atoms with Gasteiger partial charge in [0.2, 0.25) is 0 Å². The maximum Gasteiger partial charge on any atom is 0.265 e. The maximum absolute atomic E-state index is 12.7. The van der Waals surface area contributed by atoms with E-state index in [4.69, 9.17) is 4.74 Å². The number of fused-ring (bicyclic) bond motifs is 2. The average Bonchev–Trinajstić information content (AvgIpc) is 3.22. The Kier molecular flexibility index (Phi) is 3.92. The molecule has 3 aromatic rings. The highest BCUT2D eigenvalue weighted by molar-refractivity contribution is 7.20. The number of nitrogens with zero attached hydrogens (tertiary/aromatic N) is 1. The van der Waals surface area contributed by atoms with Gasteiger partial charge in [-0.3, -0.25) is 4.79 Å². The van der Waals surface area contributed by atoms with E-state index in [0.29, 0.717) is 11.5 Å². The van der Waals surface area contributed by atoms with Gasteiger partial charge in [-0.15, -0.1) is 11.3 Å². The van der Waals surface area contributed by atoms with Crippen LogP contribution in [-0.4, -0.2) is 17.5 Å². The Balaban J connectivity index is 1.64. The zero-order chi connectivity index (χ0) is 16.5. The summed E-state index contributed by atoms with van der Waals surface area (Å²) >= 11 is 1.38. The van der Waals surface area contributed by atoms with Gasteiger partial charge in [0.1, 0.15) is 10.6 Å². The fraction of sp³-hybridized carbons (Fsp3) is 0.222. The van der Waals surface area contributed by atoms with Crippen LogP contribution in [-0.2, 0) is 13.1 Å². The molecule has 0 saturated carbocycles. The van der Waals surface area contributed by atoms with Gasteiger partial charge in [-0.2, -0.15) is 0 Å². The lowest BCUT2D eigenvalue weighted by atomic mass is 10.1. The average molecular weight is 339 g/mol. The van der Waals surface area contributed by atoms with E-state index in [2.05, 4.69) is 21.7 Å². The Morgan fingerprint density at radius 1 is 1.38 bits per heavy atom. The zero-order valence-corrected chi connectivity index (χ0v) is 14.1. The summed E-state index contributed by atoms with van der Waals surface area (Å²) < 4.78 is 5.62. The fourth-order valence-electron chi connectivity index (χ4n) is 2.94. The summed E-state index contributed by atoms with van der Waals surface area (Å²) in [6, 6.07) is 9.69. The van der Waals surface area contributed by atoms with Crippen LogP contribution in [0.4, 0.5) is 5.69 Å². The molecular weight excluding hydrogens is 322 g/mol. The van der Waals surface area contributed by atoms with Crippen LogP contribution in [0.25, 0.3) is 10.2 Å². The highest BCUT2D eigenvalue weighted by Gasteiger charge is 2.18. The quantitative estimate of drug-likeness (QED) is 0.763. The van der Waals surface area contributed by atoms with Gasteiger partial charge in [-0.25, -0.2) is 4.98 Å². The fourth-order valence-corrected chi connectivity index (χ4v) is 3.85. The van der Waals surface area contributed by atoms with Crippen molar-refractivity contribution in [3.05, 3.63) is 52.5 Å². The molecule has 1 amide bonds. The Bertz CT molecular complexity index is 920. The summed E-state index contributed by atoms with van der Waals surface area (Å²) in [6.45, 7) is 4.16. The highest BCUT2D eigenvalue weighted by Crippen LogP contribution is 2.32. The molecule has 0 radical (unpaired) electrons. The van der Waals surface area contributed by atoms with Crippen LogP contribution in [0.3, 0.4) is 0 Å². The first kappa shape index (κ1) is 15.1. The zero-order valence-electron chi connectivity index (χ0n) is 13.3. The summed E-state index contributed by atoms with van der Waals surface area (Å²) in [5, 5.41) is 7.23. The van der Waals surface area contributed by atoms with E-state index in [1.54, 1.807) is 6.20 Å². The smallest absolute Gasteiger partial charge is 0.265 e. The molecule has 0 spiro atoms. The predicted molar refractivity (Wildman–Crippen MR) is 95.7 cm³/mol. The van der Waals surface area contributed by atoms with E-state index in [-0.39, 0.29) is 5.91 Å². The first-order valence-corrected chi connectivity index (χ1v) is 8.72. The summed E-state index contributed by atoms with van der Waals surface area (Å²) in [5.74, 6) is 0.656. The van der Waals surface area contributed by atoms with Crippen LogP contribution in [0, 0.1) is 0 Å². The number of ether oxygens (including phenoxy) is 1. The molecule has 0 atom stereocenters. The molecule has 0 bridgehead atoms. The van der Waals surface area contributed by atoms with E-state index in [9.17, 15) is 4.79 Å². The Morgan fingerprint density at radius 2 is 2.29 bits per heavy atom. The van der Waals surface area contributed by atoms with Crippen molar-refractivity contribution in [3.63, 3.8) is 0 Å². The van der Waals surface area contributed by atoms with Gasteiger partial charge < -0.3 is 15.4 Å². The van der Waals surface area contributed by atoms with Gasteiger partial charge in [0.15, 0.2) is 0 Å². The van der Waals surface area contributed by atoms with Crippen molar-refractivity contribution in [1.29, 1.82) is 0 Å². The van der Waals surface area contributed by atoms with Crippen LogP contribution in [0.5, 0.6) is 5.75 Å². The SMILES string of the molecule is CCOc1ccnc2sc(C(=O)Nc3cccc4c3CNC4)cc12. The second-order valence-electron chi connectivity index (χ2n) is 5.57. The van der Waals surface area contributed by atoms with E-state index in [0.717, 1.165) is 34.7 Å². The van der Waals surface area contributed by atoms with Gasteiger partial charge in [0, 0.05) is 25.0 Å². The largest absolute Gasteiger partial charge is 0.493 e. The number of pyridine rings is 1. The molecule has 0 aliphatic carbocycles. The van der Waals surface area contributed by atoms with E-state index < -0.39 is 0 Å². The first-order valence-electron chi connectivity index (χ1n) is 7.90. The summed E-state index contributed by atoms with van der Waals surface area (Å²) in [7, 11) is 0. The van der Waals surface area contributed by atoms with Gasteiger partial charge in [0.05, 0.1) is 16.9 Å². The summed E-state index contributed by atoms with van der Waals surface area (Å²) in [4.78, 5) is 18.4. The Labute approximate surface area is 143 Å². The number of nitrogens with one attached hydrogen (secondary N) is 2. The molecule has 0 saturated heterocycles. The van der Waals surface area contributed by atoms with Crippen LogP contribution >= 0.6 is 11.3 Å². The van der Waals surface area contributed by atoms with Crippen LogP contribution in [0.1, 0.15) is 27.7 Å². The van der Waals surface area contributed by atoms with Gasteiger partial charge >= 0.3 is 0 Å². The molecule has 6 heteroatoms. The Morgan fingerprint density at radius 3 is 3.17 bits per heavy atom. The van der Waals surface area contributed by atoms with E-state index in [1.165, 1.54) is 22.5 Å². The standard InChI is InChI=1S/C18H17N3O2S/c1-2-23-15-6-7-20-18-12(15)8-16(24-18)17(22)21-14-5-3-4-11-9-19-10-13(11)14/h3-8,19H,2,9-10H2,1H3,(H,21,22). The third-order valence-electron chi connectivity index (χ3n) is 4.06. The summed E-state index contributed by atoms with van der Waals surface area (Å²) in [6.07, 6.45) is 1.71. The van der Waals surface area contributed by atoms with Crippen LogP contribution in [0.2, 0.25) is 0 Å².